The molecule has 0 aliphatic rings. The zero-order valence-electron chi connectivity index (χ0n) is 15.2. The quantitative estimate of drug-likeness (QED) is 0.736. The molecule has 0 radical (unpaired) electrons. The zero-order chi connectivity index (χ0) is 18.2. The van der Waals surface area contributed by atoms with E-state index in [1.807, 2.05) is 43.3 Å². The van der Waals surface area contributed by atoms with Crippen LogP contribution in [0.3, 0.4) is 0 Å². The highest BCUT2D eigenvalue weighted by Crippen LogP contribution is 2.20. The lowest BCUT2D eigenvalue weighted by molar-refractivity contribution is -0.138. The van der Waals surface area contributed by atoms with Gasteiger partial charge in [0.2, 0.25) is 0 Å². The summed E-state index contributed by atoms with van der Waals surface area (Å²) in [5.41, 5.74) is 1.04. The van der Waals surface area contributed by atoms with Gasteiger partial charge in [0.1, 0.15) is 17.2 Å². The predicted octanol–water partition coefficient (Wildman–Crippen LogP) is 3.52. The van der Waals surface area contributed by atoms with Gasteiger partial charge < -0.3 is 19.1 Å². The van der Waals surface area contributed by atoms with Crippen LogP contribution >= 0.6 is 0 Å². The normalized spacial score (nSPS) is 11.5. The third-order valence-corrected chi connectivity index (χ3v) is 3.94. The van der Waals surface area contributed by atoms with Crippen molar-refractivity contribution in [2.75, 3.05) is 21.3 Å². The average Bonchev–Trinajstić information content (AvgIpc) is 2.66. The minimum atomic E-state index is -0.517. The number of nitrogens with zero attached hydrogens (tertiary/aromatic N) is 1. The fourth-order valence-electron chi connectivity index (χ4n) is 2.46. The van der Waals surface area contributed by atoms with Gasteiger partial charge in [-0.2, -0.15) is 0 Å². The second-order valence-corrected chi connectivity index (χ2v) is 5.73. The number of likely N-dealkylation sites (N-methyl/N-ethyl adjacent to an activating group) is 1. The number of benzene rings is 2. The number of carbonyl (C=O) groups excluding carboxylic acids is 1. The summed E-state index contributed by atoms with van der Waals surface area (Å²) < 4.78 is 16.1. The number of carbonyl (C=O) groups is 1. The first-order valence-electron chi connectivity index (χ1n) is 8.26. The third kappa shape index (κ3) is 5.14. The number of hydrogen-bond donors (Lipinski definition) is 0. The molecule has 2 rings (SSSR count). The summed E-state index contributed by atoms with van der Waals surface area (Å²) in [5, 5.41) is 0. The van der Waals surface area contributed by atoms with Crippen LogP contribution in [0.5, 0.6) is 17.2 Å². The Balaban J connectivity index is 1.98. The Morgan fingerprint density at radius 3 is 1.88 bits per heavy atom. The maximum atomic E-state index is 12.7. The van der Waals surface area contributed by atoms with Gasteiger partial charge in [0.15, 0.2) is 6.10 Å². The summed E-state index contributed by atoms with van der Waals surface area (Å²) in [7, 11) is 5.03. The topological polar surface area (TPSA) is 48.0 Å². The first-order valence-corrected chi connectivity index (χ1v) is 8.26. The summed E-state index contributed by atoms with van der Waals surface area (Å²) in [4.78, 5) is 14.4. The summed E-state index contributed by atoms with van der Waals surface area (Å²) in [6.07, 6.45) is 0.0781. The van der Waals surface area contributed by atoms with Crippen molar-refractivity contribution >= 4 is 5.91 Å². The highest BCUT2D eigenvalue weighted by Gasteiger charge is 2.22. The first-order chi connectivity index (χ1) is 12.1. The molecule has 25 heavy (non-hydrogen) atoms. The van der Waals surface area contributed by atoms with Gasteiger partial charge in [-0.05, 0) is 48.4 Å². The molecule has 0 spiro atoms. The molecule has 5 heteroatoms. The maximum Gasteiger partial charge on any atom is 0.263 e. The molecule has 0 fully saturated rings. The van der Waals surface area contributed by atoms with Gasteiger partial charge in [-0.1, -0.05) is 19.1 Å². The molecule has 1 atom stereocenters. The second kappa shape index (κ2) is 8.97. The van der Waals surface area contributed by atoms with E-state index in [2.05, 4.69) is 0 Å². The highest BCUT2D eigenvalue weighted by molar-refractivity contribution is 5.81. The summed E-state index contributed by atoms with van der Waals surface area (Å²) in [5.74, 6) is 2.16. The van der Waals surface area contributed by atoms with Gasteiger partial charge in [-0.25, -0.2) is 0 Å². The van der Waals surface area contributed by atoms with Gasteiger partial charge in [-0.3, -0.25) is 4.79 Å². The molecule has 0 heterocycles. The van der Waals surface area contributed by atoms with Crippen molar-refractivity contribution in [1.82, 2.24) is 4.90 Å². The Hall–Kier alpha value is -2.69. The van der Waals surface area contributed by atoms with Crippen LogP contribution in [0.25, 0.3) is 0 Å². The Labute approximate surface area is 149 Å². The van der Waals surface area contributed by atoms with Crippen LogP contribution in [0, 0.1) is 0 Å². The smallest absolute Gasteiger partial charge is 0.263 e. The van der Waals surface area contributed by atoms with Crippen molar-refractivity contribution in [2.24, 2.45) is 0 Å². The molecule has 0 aliphatic carbocycles. The summed E-state index contributed by atoms with van der Waals surface area (Å²) >= 11 is 0. The third-order valence-electron chi connectivity index (χ3n) is 3.94. The fraction of sp³-hybridized carbons (Fsp3) is 0.350. The van der Waals surface area contributed by atoms with Gasteiger partial charge in [0.25, 0.3) is 5.91 Å². The van der Waals surface area contributed by atoms with Crippen LogP contribution in [-0.2, 0) is 11.3 Å². The first kappa shape index (κ1) is 18.6. The van der Waals surface area contributed by atoms with E-state index in [9.17, 15) is 4.79 Å². The molecule has 2 aromatic rings. The second-order valence-electron chi connectivity index (χ2n) is 5.73. The van der Waals surface area contributed by atoms with Crippen molar-refractivity contribution in [3.63, 3.8) is 0 Å². The van der Waals surface area contributed by atoms with E-state index in [-0.39, 0.29) is 5.91 Å². The monoisotopic (exact) mass is 343 g/mol. The Morgan fingerprint density at radius 2 is 1.40 bits per heavy atom. The predicted molar refractivity (Wildman–Crippen MR) is 97.2 cm³/mol. The lowest BCUT2D eigenvalue weighted by Crippen LogP contribution is -2.39. The standard InChI is InChI=1S/C20H25NO4/c1-5-19(25-18-12-10-17(24-4)11-13-18)20(22)21(2)14-15-6-8-16(23-3)9-7-15/h6-13,19H,5,14H2,1-4H3/t19-/m1/s1. The van der Waals surface area contributed by atoms with Crippen molar-refractivity contribution in [3.05, 3.63) is 54.1 Å². The molecule has 0 aliphatic heterocycles. The molecule has 0 bridgehead atoms. The van der Waals surface area contributed by atoms with E-state index in [1.165, 1.54) is 0 Å². The van der Waals surface area contributed by atoms with Crippen LogP contribution in [0.1, 0.15) is 18.9 Å². The minimum Gasteiger partial charge on any atom is -0.497 e. The highest BCUT2D eigenvalue weighted by atomic mass is 16.5. The molecule has 0 unspecified atom stereocenters. The molecule has 0 N–H and O–H groups in total. The number of ether oxygens (including phenoxy) is 3. The number of methoxy groups -OCH3 is 2. The Morgan fingerprint density at radius 1 is 0.920 bits per heavy atom. The largest absolute Gasteiger partial charge is 0.497 e. The molecule has 2 aromatic carbocycles. The van der Waals surface area contributed by atoms with Gasteiger partial charge in [-0.15, -0.1) is 0 Å². The Bertz CT molecular complexity index is 667. The molecule has 0 aromatic heterocycles. The molecule has 0 saturated heterocycles. The van der Waals surface area contributed by atoms with E-state index in [0.717, 1.165) is 17.1 Å². The van der Waals surface area contributed by atoms with E-state index in [1.54, 1.807) is 38.3 Å². The molecular formula is C20H25NO4. The molecule has 1 amide bonds. The number of hydrogen-bond acceptors (Lipinski definition) is 4. The molecule has 134 valence electrons. The lowest BCUT2D eigenvalue weighted by atomic mass is 10.2. The molecule has 0 saturated carbocycles. The van der Waals surface area contributed by atoms with E-state index in [4.69, 9.17) is 14.2 Å². The van der Waals surface area contributed by atoms with Gasteiger partial charge >= 0.3 is 0 Å². The van der Waals surface area contributed by atoms with Crippen LogP contribution < -0.4 is 14.2 Å². The average molecular weight is 343 g/mol. The maximum absolute atomic E-state index is 12.7. The van der Waals surface area contributed by atoms with Crippen LogP contribution in [-0.4, -0.2) is 38.2 Å². The Kier molecular flexibility index (Phi) is 6.69. The lowest BCUT2D eigenvalue weighted by Gasteiger charge is -2.24. The van der Waals surface area contributed by atoms with Crippen LogP contribution in [0.15, 0.2) is 48.5 Å². The van der Waals surface area contributed by atoms with Gasteiger partial charge in [0, 0.05) is 13.6 Å². The number of amides is 1. The summed E-state index contributed by atoms with van der Waals surface area (Å²) in [6, 6.07) is 14.9. The van der Waals surface area contributed by atoms with Crippen LogP contribution in [0.2, 0.25) is 0 Å². The van der Waals surface area contributed by atoms with E-state index in [0.29, 0.717) is 18.7 Å². The molecule has 5 nitrogen and oxygen atoms in total. The fourth-order valence-corrected chi connectivity index (χ4v) is 2.46. The molecular weight excluding hydrogens is 318 g/mol. The van der Waals surface area contributed by atoms with E-state index < -0.39 is 6.10 Å². The zero-order valence-corrected chi connectivity index (χ0v) is 15.2. The van der Waals surface area contributed by atoms with Crippen molar-refractivity contribution in [3.8, 4) is 17.2 Å². The van der Waals surface area contributed by atoms with Crippen LogP contribution in [0.4, 0.5) is 0 Å². The van der Waals surface area contributed by atoms with E-state index >= 15 is 0 Å². The van der Waals surface area contributed by atoms with Crippen molar-refractivity contribution in [2.45, 2.75) is 26.0 Å². The van der Waals surface area contributed by atoms with Gasteiger partial charge in [0.05, 0.1) is 14.2 Å². The van der Waals surface area contributed by atoms with Crippen molar-refractivity contribution < 1.29 is 19.0 Å². The summed E-state index contributed by atoms with van der Waals surface area (Å²) in [6.45, 7) is 2.46. The SMILES string of the molecule is CC[C@@H](Oc1ccc(OC)cc1)C(=O)N(C)Cc1ccc(OC)cc1. The minimum absolute atomic E-state index is 0.0471. The van der Waals surface area contributed by atoms with Crippen molar-refractivity contribution in [1.29, 1.82) is 0 Å². The number of rotatable bonds is 8.